The number of anilines is 7. The topological polar surface area (TPSA) is 320 Å². The fourth-order valence-corrected chi connectivity index (χ4v) is 18.8. The lowest BCUT2D eigenvalue weighted by Crippen LogP contribution is -2.50. The van der Waals surface area contributed by atoms with Crippen LogP contribution in [0.1, 0.15) is 199 Å². The molecule has 0 bridgehead atoms. The Hall–Kier alpha value is -12.5. The maximum absolute atomic E-state index is 13.8. The number of piperazine rings is 3. The van der Waals surface area contributed by atoms with Gasteiger partial charge in [-0.2, -0.15) is 0 Å². The first-order valence-corrected chi connectivity index (χ1v) is 47.6. The molecule has 28 heteroatoms. The van der Waals surface area contributed by atoms with Crippen molar-refractivity contribution in [1.29, 1.82) is 0 Å². The number of aromatic carboxylic acids is 1. The molecule has 6 aromatic carbocycles. The number of benzene rings is 6. The van der Waals surface area contributed by atoms with Crippen LogP contribution in [0.2, 0.25) is 0 Å². The number of Topliss-reactive ketones (excluding diaryl/α,β-unsaturated/α-hetero) is 2. The van der Waals surface area contributed by atoms with Gasteiger partial charge in [0, 0.05) is 169 Å². The highest BCUT2D eigenvalue weighted by Gasteiger charge is 2.37. The van der Waals surface area contributed by atoms with Gasteiger partial charge in [0.15, 0.2) is 11.6 Å². The fourth-order valence-electron chi connectivity index (χ4n) is 16.6. The molecule has 4 amide bonds. The van der Waals surface area contributed by atoms with Crippen LogP contribution in [0.4, 0.5) is 59.0 Å². The van der Waals surface area contributed by atoms with Crippen molar-refractivity contribution in [1.82, 2.24) is 30.1 Å². The number of nitrogens with two attached hydrogens (primary N) is 2. The summed E-state index contributed by atoms with van der Waals surface area (Å²) in [5, 5.41) is 30.5. The molecule has 9 heterocycles. The van der Waals surface area contributed by atoms with Gasteiger partial charge in [-0.15, -0.1) is 34.0 Å². The number of pyridine rings is 3. The van der Waals surface area contributed by atoms with E-state index in [-0.39, 0.29) is 42.3 Å². The second kappa shape index (κ2) is 39.7. The Labute approximate surface area is 777 Å². The van der Waals surface area contributed by atoms with Crippen LogP contribution in [0.5, 0.6) is 0 Å². The molecule has 3 saturated carbocycles. The largest absolute Gasteiger partial charge is 0.477 e. The first-order valence-electron chi connectivity index (χ1n) is 45.0. The molecule has 6 fully saturated rings. The highest BCUT2D eigenvalue weighted by molar-refractivity contribution is 7.14. The van der Waals surface area contributed by atoms with Gasteiger partial charge in [-0.3, -0.25) is 30.2 Å². The summed E-state index contributed by atoms with van der Waals surface area (Å²) in [4.78, 5) is 115. The molecule has 131 heavy (non-hydrogen) atoms. The molecule has 6 aliphatic rings. The normalized spacial score (nSPS) is 15.4. The van der Waals surface area contributed by atoms with Gasteiger partial charge in [0.2, 0.25) is 0 Å². The van der Waals surface area contributed by atoms with Crippen molar-refractivity contribution in [2.24, 2.45) is 0 Å². The monoisotopic (exact) mass is 1820 g/mol. The van der Waals surface area contributed by atoms with Crippen LogP contribution in [0.25, 0.3) is 63.6 Å². The molecule has 3 aliphatic carbocycles. The zero-order valence-electron chi connectivity index (χ0n) is 76.6. The Balaban J connectivity index is 0.000000140. The SMILES string of the molecule is CC(C)(C)OC(=O)N1CCN(c2ccc3cc(C(=O)O)ncc3c2C2CC2)CC1.CC(C)(C)OC(=O)Nc1ccc(-c2cccs2)cc1CC(=O)c1cc2ccc(N3CCN(C(=O)OC(C)(C)C)CC3)c(C3CC3)c2cn1.CC(C)(C)OC(=O)Nc1ccc(-c2cccs2)cc1N.Nc1ccc(-c2cccs2)cc1CC(=O)c1cc2ccc(N3CCNCC3)c(C3CC3)c2cn1. The number of aromatic nitrogens is 3. The number of carbonyl (C=O) groups excluding carboxylic acids is 6. The van der Waals surface area contributed by atoms with Crippen LogP contribution in [-0.4, -0.2) is 173 Å². The molecular formula is C103H117N13O12S3. The second-order valence-electron chi connectivity index (χ2n) is 38.1. The van der Waals surface area contributed by atoms with E-state index in [4.69, 9.17) is 35.4 Å². The minimum absolute atomic E-state index is 0.00363. The third kappa shape index (κ3) is 24.2. The van der Waals surface area contributed by atoms with E-state index >= 15 is 0 Å². The Kier molecular flexibility index (Phi) is 28.2. The van der Waals surface area contributed by atoms with Crippen molar-refractivity contribution in [2.45, 2.75) is 175 Å². The highest BCUT2D eigenvalue weighted by Crippen LogP contribution is 2.51. The van der Waals surface area contributed by atoms with Crippen LogP contribution in [-0.2, 0) is 31.8 Å². The number of ketones is 2. The number of carbonyl (C=O) groups is 7. The van der Waals surface area contributed by atoms with Crippen LogP contribution in [0.3, 0.4) is 0 Å². The summed E-state index contributed by atoms with van der Waals surface area (Å²) in [6.07, 6.45) is 11.2. The summed E-state index contributed by atoms with van der Waals surface area (Å²) in [6.45, 7) is 31.6. The summed E-state index contributed by atoms with van der Waals surface area (Å²) >= 11 is 4.94. The molecule has 8 N–H and O–H groups in total. The molecule has 25 nitrogen and oxygen atoms in total. The smallest absolute Gasteiger partial charge is 0.412 e. The van der Waals surface area contributed by atoms with E-state index in [1.807, 2.05) is 203 Å². The van der Waals surface area contributed by atoms with Gasteiger partial charge in [-0.05, 0) is 307 Å². The van der Waals surface area contributed by atoms with Crippen molar-refractivity contribution in [3.8, 4) is 31.3 Å². The lowest BCUT2D eigenvalue weighted by atomic mass is 9.97. The Morgan fingerprint density at radius 2 is 0.756 bits per heavy atom. The highest BCUT2D eigenvalue weighted by atomic mass is 32.1. The minimum atomic E-state index is -1.01. The predicted molar refractivity (Wildman–Crippen MR) is 527 cm³/mol. The van der Waals surface area contributed by atoms with E-state index in [0.29, 0.717) is 83.6 Å². The predicted octanol–water partition coefficient (Wildman–Crippen LogP) is 22.1. The molecule has 3 saturated heterocycles. The lowest BCUT2D eigenvalue weighted by Gasteiger charge is -2.37. The number of rotatable bonds is 18. The van der Waals surface area contributed by atoms with Crippen molar-refractivity contribution < 1.29 is 57.6 Å². The standard InChI is InChI=1S/C38H44N4O5S.C28H28N4OS.C22H27N3O4.C15H18N2O2S/c1-37(2,3)46-35(44)40-29-13-11-26(33-8-7-19-48-33)20-27(29)22-32(43)30-21-25-12-14-31(34(24-9-10-24)28(25)23-39-30)41-15-17-42(18-16-41)36(45)47-38(4,5)6;29-23-7-5-20(27-2-1-13-34-27)14-21(23)16-26(33)24-15-19-6-8-25(32-11-9-30-10-12-32)28(18-3-4-18)22(19)17-31-24;1-22(2,3)29-21(28)25-10-8-24(9-11-25)18-7-6-15-12-17(20(26)27)23-13-16(15)19(18)14-4-5-14;1-15(2,3)19-14(18)17-12-7-6-10(9-11(12)16)13-5-4-8-20-13/h7-8,11-14,19-21,23-24H,9-10,15-18,22H2,1-6H3,(H,40,44);1-2,5-8,13-15,17-18,30H,3-4,9-12,16,29H2;6-7,12-14H,4-5,8-11H2,1-3H3,(H,26,27);4-9H,16H2,1-3H3,(H,17,18). The van der Waals surface area contributed by atoms with Crippen molar-refractivity contribution in [2.75, 3.05) is 115 Å². The summed E-state index contributed by atoms with van der Waals surface area (Å²) in [5.41, 5.74) is 25.5. The third-order valence-electron chi connectivity index (χ3n) is 23.2. The third-order valence-corrected chi connectivity index (χ3v) is 26.0. The maximum atomic E-state index is 13.8. The number of nitrogens with zero attached hydrogens (tertiary/aromatic N) is 8. The molecular weight excluding hydrogens is 1710 g/mol. The van der Waals surface area contributed by atoms with Gasteiger partial charge in [0.05, 0.1) is 11.4 Å². The Bertz CT molecular complexity index is 6180. The van der Waals surface area contributed by atoms with E-state index in [2.05, 4.69) is 82.4 Å². The Morgan fingerprint density at radius 1 is 0.405 bits per heavy atom. The molecule has 18 rings (SSSR count). The number of nitrogen functional groups attached to an aromatic ring is 2. The minimum Gasteiger partial charge on any atom is -0.477 e. The molecule has 6 aromatic heterocycles. The van der Waals surface area contributed by atoms with Crippen LogP contribution >= 0.6 is 34.0 Å². The fraction of sp³-hybridized carbons (Fsp3) is 0.379. The van der Waals surface area contributed by atoms with Crippen LogP contribution in [0, 0.1) is 0 Å². The van der Waals surface area contributed by atoms with E-state index < -0.39 is 40.6 Å². The van der Waals surface area contributed by atoms with Gasteiger partial charge < -0.3 is 65.3 Å². The molecule has 3 aliphatic heterocycles. The molecule has 0 radical (unpaired) electrons. The lowest BCUT2D eigenvalue weighted by molar-refractivity contribution is 0.0230. The zero-order chi connectivity index (χ0) is 92.8. The first kappa shape index (κ1) is 93.2. The zero-order valence-corrected chi connectivity index (χ0v) is 79.0. The van der Waals surface area contributed by atoms with Gasteiger partial charge in [0.25, 0.3) is 0 Å². The number of hydrogen-bond donors (Lipinski definition) is 6. The number of carboxylic acid groups (broad SMARTS) is 1. The number of ether oxygens (including phenoxy) is 4. The van der Waals surface area contributed by atoms with Crippen molar-refractivity contribution in [3.05, 3.63) is 225 Å². The summed E-state index contributed by atoms with van der Waals surface area (Å²) in [7, 11) is 0. The molecule has 684 valence electrons. The first-order chi connectivity index (χ1) is 62.5. The number of thiophene rings is 3. The van der Waals surface area contributed by atoms with Crippen LogP contribution < -0.4 is 42.1 Å². The van der Waals surface area contributed by atoms with Crippen molar-refractivity contribution >= 4 is 148 Å². The van der Waals surface area contributed by atoms with Gasteiger partial charge in [-0.1, -0.05) is 54.6 Å². The summed E-state index contributed by atoms with van der Waals surface area (Å²) in [6, 6.07) is 47.6. The number of fused-ring (bicyclic) bond motifs is 3. The second-order valence-corrected chi connectivity index (χ2v) is 41.0. The number of nitrogens with one attached hydrogen (secondary N) is 3. The average molecular weight is 1830 g/mol. The number of hydrogen-bond acceptors (Lipinski definition) is 23. The summed E-state index contributed by atoms with van der Waals surface area (Å²) in [5.74, 6) is 0.408. The van der Waals surface area contributed by atoms with Gasteiger partial charge >= 0.3 is 30.3 Å². The van der Waals surface area contributed by atoms with E-state index in [1.165, 1.54) is 56.9 Å². The van der Waals surface area contributed by atoms with E-state index in [1.54, 1.807) is 62.1 Å². The Morgan fingerprint density at radius 3 is 1.13 bits per heavy atom. The van der Waals surface area contributed by atoms with E-state index in [9.17, 15) is 38.7 Å². The summed E-state index contributed by atoms with van der Waals surface area (Å²) < 4.78 is 21.8. The van der Waals surface area contributed by atoms with Gasteiger partial charge in [-0.25, -0.2) is 29.0 Å². The molecule has 0 spiro atoms. The van der Waals surface area contributed by atoms with Crippen molar-refractivity contribution in [3.63, 3.8) is 0 Å². The molecule has 0 atom stereocenters. The molecule has 0 unspecified atom stereocenters. The number of amides is 4. The maximum Gasteiger partial charge on any atom is 0.412 e. The number of carboxylic acids is 1. The van der Waals surface area contributed by atoms with Crippen LogP contribution in [0.15, 0.2) is 180 Å². The quantitative estimate of drug-likeness (QED) is 0.0264. The van der Waals surface area contributed by atoms with Gasteiger partial charge in [0.1, 0.15) is 39.5 Å². The molecule has 12 aromatic rings. The average Bonchev–Trinajstić information content (AvgIpc) is 1.71. The van der Waals surface area contributed by atoms with E-state index in [0.717, 1.165) is 137 Å².